The van der Waals surface area contributed by atoms with Crippen LogP contribution in [0.3, 0.4) is 0 Å². The number of hydrogen-bond acceptors (Lipinski definition) is 6. The summed E-state index contributed by atoms with van der Waals surface area (Å²) in [5, 5.41) is 9.51. The zero-order chi connectivity index (χ0) is 15.5. The van der Waals surface area contributed by atoms with Gasteiger partial charge in [-0.2, -0.15) is 0 Å². The van der Waals surface area contributed by atoms with Crippen LogP contribution in [0.15, 0.2) is 24.3 Å². The molecule has 0 saturated heterocycles. The van der Waals surface area contributed by atoms with Crippen molar-refractivity contribution in [1.82, 2.24) is 15.1 Å². The number of nitrogens with two attached hydrogens (primary N) is 1. The van der Waals surface area contributed by atoms with Crippen LogP contribution >= 0.6 is 11.3 Å². The molecule has 1 aliphatic rings. The molecular weight excluding hydrogens is 300 g/mol. The van der Waals surface area contributed by atoms with Gasteiger partial charge in [-0.1, -0.05) is 35.6 Å². The second-order valence-electron chi connectivity index (χ2n) is 5.19. The van der Waals surface area contributed by atoms with Crippen molar-refractivity contribution in [3.8, 4) is 5.19 Å². The van der Waals surface area contributed by atoms with E-state index < -0.39 is 0 Å². The highest BCUT2D eigenvalue weighted by Gasteiger charge is 2.30. The van der Waals surface area contributed by atoms with Crippen LogP contribution in [0.25, 0.3) is 0 Å². The molecular formula is C15H18N4O2S. The van der Waals surface area contributed by atoms with Crippen molar-refractivity contribution < 1.29 is 9.53 Å². The maximum Gasteiger partial charge on any atom is 0.294 e. The molecule has 1 atom stereocenters. The molecule has 2 N–H and O–H groups in total. The average molecular weight is 318 g/mol. The molecule has 1 aliphatic heterocycles. The Bertz CT molecular complexity index is 673. The lowest BCUT2D eigenvalue weighted by molar-refractivity contribution is -0.124. The smallest absolute Gasteiger partial charge is 0.294 e. The first-order valence-electron chi connectivity index (χ1n) is 7.22. The average Bonchev–Trinajstić information content (AvgIpc) is 2.94. The van der Waals surface area contributed by atoms with Gasteiger partial charge in [-0.3, -0.25) is 9.69 Å². The normalized spacial score (nSPS) is 18.0. The van der Waals surface area contributed by atoms with Crippen molar-refractivity contribution in [3.63, 3.8) is 0 Å². The van der Waals surface area contributed by atoms with Crippen LogP contribution in [0, 0.1) is 0 Å². The molecule has 116 valence electrons. The molecule has 22 heavy (non-hydrogen) atoms. The Morgan fingerprint density at radius 2 is 2.18 bits per heavy atom. The van der Waals surface area contributed by atoms with E-state index in [0.717, 1.165) is 5.01 Å². The summed E-state index contributed by atoms with van der Waals surface area (Å²) < 4.78 is 5.34. The molecule has 1 aromatic carbocycles. The number of carbonyl (C=O) groups excluding carboxylic acids is 1. The second kappa shape index (κ2) is 6.41. The lowest BCUT2D eigenvalue weighted by Gasteiger charge is -2.34. The minimum Gasteiger partial charge on any atom is -0.469 e. The lowest BCUT2D eigenvalue weighted by Crippen LogP contribution is -2.48. The predicted molar refractivity (Wildman–Crippen MR) is 83.5 cm³/mol. The zero-order valence-corrected chi connectivity index (χ0v) is 13.2. The number of ether oxygens (including phenoxy) is 1. The molecule has 1 aromatic heterocycles. The van der Waals surface area contributed by atoms with E-state index in [1.807, 2.05) is 19.1 Å². The van der Waals surface area contributed by atoms with E-state index in [-0.39, 0.29) is 11.9 Å². The van der Waals surface area contributed by atoms with Crippen LogP contribution < -0.4 is 10.5 Å². The van der Waals surface area contributed by atoms with Gasteiger partial charge in [-0.15, -0.1) is 10.2 Å². The largest absolute Gasteiger partial charge is 0.469 e. The Morgan fingerprint density at radius 3 is 2.91 bits per heavy atom. The van der Waals surface area contributed by atoms with E-state index in [1.54, 1.807) is 0 Å². The molecule has 0 spiro atoms. The number of primary amides is 1. The summed E-state index contributed by atoms with van der Waals surface area (Å²) >= 11 is 1.41. The van der Waals surface area contributed by atoms with Crippen molar-refractivity contribution in [2.45, 2.75) is 32.5 Å². The fourth-order valence-corrected chi connectivity index (χ4v) is 3.45. The van der Waals surface area contributed by atoms with Crippen LogP contribution in [0.4, 0.5) is 0 Å². The molecule has 0 fully saturated rings. The van der Waals surface area contributed by atoms with Gasteiger partial charge in [0.05, 0.1) is 19.2 Å². The van der Waals surface area contributed by atoms with Crippen molar-refractivity contribution in [2.75, 3.05) is 6.61 Å². The number of fused-ring (bicyclic) bond motifs is 1. The number of hydrogen-bond donors (Lipinski definition) is 1. The molecule has 0 aliphatic carbocycles. The monoisotopic (exact) mass is 318 g/mol. The predicted octanol–water partition coefficient (Wildman–Crippen LogP) is 1.35. The molecule has 6 nitrogen and oxygen atoms in total. The number of nitrogens with zero attached hydrogens (tertiary/aromatic N) is 3. The number of carbonyl (C=O) groups is 1. The molecule has 0 saturated carbocycles. The minimum absolute atomic E-state index is 0.302. The summed E-state index contributed by atoms with van der Waals surface area (Å²) in [6.07, 6.45) is 0.641. The quantitative estimate of drug-likeness (QED) is 0.900. The minimum atomic E-state index is -0.311. The standard InChI is InChI=1S/C15H18N4O2S/c1-2-21-15-18-17-13(22-15)9-19-8-11-6-4-3-5-10(11)7-12(19)14(16)20/h3-6,12H,2,7-9H2,1H3,(H2,16,20)/t12-/m0/s1. The van der Waals surface area contributed by atoms with Crippen molar-refractivity contribution in [3.05, 3.63) is 40.4 Å². The summed E-state index contributed by atoms with van der Waals surface area (Å²) in [6, 6.07) is 7.84. The van der Waals surface area contributed by atoms with Gasteiger partial charge >= 0.3 is 0 Å². The maximum atomic E-state index is 11.8. The Labute approximate surface area is 132 Å². The molecule has 1 amide bonds. The third kappa shape index (κ3) is 3.10. The summed E-state index contributed by atoms with van der Waals surface area (Å²) in [5.41, 5.74) is 8.00. The molecule has 7 heteroatoms. The van der Waals surface area contributed by atoms with Gasteiger partial charge in [0.2, 0.25) is 5.91 Å². The van der Waals surface area contributed by atoms with E-state index in [4.69, 9.17) is 10.5 Å². The van der Waals surface area contributed by atoms with Crippen LogP contribution in [0.5, 0.6) is 5.19 Å². The van der Waals surface area contributed by atoms with Gasteiger partial charge in [0, 0.05) is 6.54 Å². The van der Waals surface area contributed by atoms with Crippen LogP contribution in [-0.2, 0) is 24.3 Å². The third-order valence-electron chi connectivity index (χ3n) is 3.73. The van der Waals surface area contributed by atoms with Crippen molar-refractivity contribution >= 4 is 17.2 Å². The van der Waals surface area contributed by atoms with Gasteiger partial charge < -0.3 is 10.5 Å². The van der Waals surface area contributed by atoms with Gasteiger partial charge in [-0.05, 0) is 24.5 Å². The Hall–Kier alpha value is -1.99. The number of benzene rings is 1. The Morgan fingerprint density at radius 1 is 1.41 bits per heavy atom. The van der Waals surface area contributed by atoms with E-state index in [1.165, 1.54) is 22.5 Å². The van der Waals surface area contributed by atoms with E-state index >= 15 is 0 Å². The van der Waals surface area contributed by atoms with Gasteiger partial charge in [0.15, 0.2) is 0 Å². The summed E-state index contributed by atoms with van der Waals surface area (Å²) in [7, 11) is 0. The third-order valence-corrected chi connectivity index (χ3v) is 4.55. The highest BCUT2D eigenvalue weighted by molar-refractivity contribution is 7.13. The van der Waals surface area contributed by atoms with Gasteiger partial charge in [-0.25, -0.2) is 0 Å². The summed E-state index contributed by atoms with van der Waals surface area (Å²) in [4.78, 5) is 13.9. The van der Waals surface area contributed by atoms with Gasteiger partial charge in [0.1, 0.15) is 5.01 Å². The number of amides is 1. The topological polar surface area (TPSA) is 81.3 Å². The van der Waals surface area contributed by atoms with Crippen molar-refractivity contribution in [1.29, 1.82) is 0 Å². The molecule has 0 unspecified atom stereocenters. The number of rotatable bonds is 5. The van der Waals surface area contributed by atoms with E-state index in [2.05, 4.69) is 27.2 Å². The SMILES string of the molecule is CCOc1nnc(CN2Cc3ccccc3C[C@H]2C(N)=O)s1. The molecule has 2 aromatic rings. The maximum absolute atomic E-state index is 11.8. The summed E-state index contributed by atoms with van der Waals surface area (Å²) in [6.45, 7) is 3.71. The number of aromatic nitrogens is 2. The van der Waals surface area contributed by atoms with E-state index in [0.29, 0.717) is 31.3 Å². The van der Waals surface area contributed by atoms with E-state index in [9.17, 15) is 4.79 Å². The fourth-order valence-electron chi connectivity index (χ4n) is 2.68. The van der Waals surface area contributed by atoms with Crippen LogP contribution in [0.1, 0.15) is 23.1 Å². The van der Waals surface area contributed by atoms with Crippen LogP contribution in [0.2, 0.25) is 0 Å². The first-order valence-corrected chi connectivity index (χ1v) is 8.04. The van der Waals surface area contributed by atoms with Gasteiger partial charge in [0.25, 0.3) is 5.19 Å². The van der Waals surface area contributed by atoms with Crippen molar-refractivity contribution in [2.24, 2.45) is 5.73 Å². The molecule has 3 rings (SSSR count). The first kappa shape index (κ1) is 14.9. The summed E-state index contributed by atoms with van der Waals surface area (Å²) in [5.74, 6) is -0.302. The Balaban J connectivity index is 1.79. The highest BCUT2D eigenvalue weighted by Crippen LogP contribution is 2.26. The van der Waals surface area contributed by atoms with Crippen LogP contribution in [-0.4, -0.2) is 33.7 Å². The lowest BCUT2D eigenvalue weighted by atomic mass is 9.93. The zero-order valence-electron chi connectivity index (χ0n) is 12.4. The highest BCUT2D eigenvalue weighted by atomic mass is 32.1. The molecule has 0 bridgehead atoms. The second-order valence-corrected chi connectivity index (χ2v) is 6.22. The fraction of sp³-hybridized carbons (Fsp3) is 0.400. The molecule has 2 heterocycles. The molecule has 0 radical (unpaired) electrons. The first-order chi connectivity index (χ1) is 10.7. The Kier molecular flexibility index (Phi) is 4.35.